The molecule has 0 spiro atoms. The molecule has 31 heteroatoms. The Hall–Kier alpha value is -4.68. The molecule has 0 aromatic heterocycles. The van der Waals surface area contributed by atoms with Crippen LogP contribution in [0.2, 0.25) is 0 Å². The number of carbonyl (C=O) groups is 8. The molecule has 0 radical (unpaired) electrons. The summed E-state index contributed by atoms with van der Waals surface area (Å²) in [6.07, 6.45) is 4.11. The minimum Gasteiger partial charge on any atom is -0.489 e. The predicted octanol–water partition coefficient (Wildman–Crippen LogP) is 1.64. The number of carbonyl (C=O) groups excluding carboxylic acids is 8. The molecule has 8 N–H and O–H groups in total. The van der Waals surface area contributed by atoms with Crippen LogP contribution in [0.5, 0.6) is 17.2 Å². The molecule has 0 saturated heterocycles. The normalized spacial score (nSPS) is 10.9. The molecule has 0 fully saturated rings. The van der Waals surface area contributed by atoms with E-state index in [4.69, 9.17) is 14.2 Å². The Morgan fingerprint density at radius 2 is 0.595 bits per heavy atom. The van der Waals surface area contributed by atoms with E-state index in [1.165, 1.54) is 36.4 Å². The van der Waals surface area contributed by atoms with Gasteiger partial charge in [-0.25, -0.2) is 0 Å². The Labute approximate surface area is 478 Å². The molecule has 428 valence electrons. The Balaban J connectivity index is 1.67. The predicted molar refractivity (Wildman–Crippen MR) is 329 cm³/mol. The molecular weight excluding hydrogens is 1170 g/mol. The second-order valence-electron chi connectivity index (χ2n) is 17.1. The molecule has 4 aromatic rings. The van der Waals surface area contributed by atoms with Gasteiger partial charge in [0.2, 0.25) is 0 Å². The lowest BCUT2D eigenvalue weighted by atomic mass is 10.0. The van der Waals surface area contributed by atoms with E-state index in [1.54, 1.807) is 37.8 Å². The van der Waals surface area contributed by atoms with E-state index in [0.29, 0.717) is 72.7 Å². The van der Waals surface area contributed by atoms with Crippen LogP contribution in [0.15, 0.2) is 78.9 Å². The summed E-state index contributed by atoms with van der Waals surface area (Å²) < 4.78 is 18.8. The smallest absolute Gasteiger partial charge is 0.269 e. The van der Waals surface area contributed by atoms with Crippen LogP contribution in [0.4, 0.5) is 0 Å². The van der Waals surface area contributed by atoms with Gasteiger partial charge in [-0.15, -0.1) is 73.9 Å². The van der Waals surface area contributed by atoms with Crippen molar-refractivity contribution in [3.05, 3.63) is 123 Å². The highest BCUT2D eigenvalue weighted by molar-refractivity contribution is 7.18. The number of amides is 8. The number of rotatable bonds is 29. The fraction of sp³-hybridized carbons (Fsp3) is 0.333. The van der Waals surface area contributed by atoms with E-state index in [1.807, 2.05) is 31.2 Å². The van der Waals surface area contributed by atoms with Crippen molar-refractivity contribution < 1.29 is 52.6 Å². The molecule has 4 aromatic carbocycles. The van der Waals surface area contributed by atoms with Crippen molar-refractivity contribution >= 4 is 121 Å². The van der Waals surface area contributed by atoms with Gasteiger partial charge in [0.05, 0.1) is 26.2 Å². The van der Waals surface area contributed by atoms with Crippen LogP contribution in [0.25, 0.3) is 0 Å². The first-order chi connectivity index (χ1) is 37.9. The summed E-state index contributed by atoms with van der Waals surface area (Å²) in [4.78, 5) is 112. The van der Waals surface area contributed by atoms with Crippen molar-refractivity contribution in [3.63, 3.8) is 0 Å². The lowest BCUT2D eigenvalue weighted by Crippen LogP contribution is -2.46. The highest BCUT2D eigenvalue weighted by atomic mass is 31.0. The van der Waals surface area contributed by atoms with Gasteiger partial charge in [0.25, 0.3) is 47.3 Å². The molecule has 79 heavy (non-hydrogen) atoms. The summed E-state index contributed by atoms with van der Waals surface area (Å²) >= 11 is 0. The fourth-order valence-corrected chi connectivity index (χ4v) is 10.1. The lowest BCUT2D eigenvalue weighted by molar-refractivity contribution is -0.123. The van der Waals surface area contributed by atoms with Crippen LogP contribution in [0, 0.1) is 6.92 Å². The van der Waals surface area contributed by atoms with E-state index in [9.17, 15) is 38.4 Å². The third kappa shape index (κ3) is 24.1. The molecule has 0 aliphatic heterocycles. The first kappa shape index (κ1) is 66.8. The quantitative estimate of drug-likeness (QED) is 0.0284. The third-order valence-electron chi connectivity index (χ3n) is 11.0. The molecule has 23 nitrogen and oxygen atoms in total. The first-order valence-electron chi connectivity index (χ1n) is 24.2. The molecule has 8 unspecified atom stereocenters. The largest absolute Gasteiger partial charge is 0.489 e. The summed E-state index contributed by atoms with van der Waals surface area (Å²) in [6, 6.07) is 21.0. The van der Waals surface area contributed by atoms with E-state index < -0.39 is 47.3 Å². The second-order valence-corrected chi connectivity index (χ2v) is 20.0. The van der Waals surface area contributed by atoms with Gasteiger partial charge in [-0.1, -0.05) is 17.7 Å². The average Bonchev–Trinajstić information content (AvgIpc) is 3.50. The summed E-state index contributed by atoms with van der Waals surface area (Å²) in [7, 11) is 20.2. The molecule has 8 atom stereocenters. The summed E-state index contributed by atoms with van der Waals surface area (Å²) in [5, 5.41) is 0. The van der Waals surface area contributed by atoms with Crippen molar-refractivity contribution in [2.24, 2.45) is 0 Å². The van der Waals surface area contributed by atoms with Gasteiger partial charge in [-0.2, -0.15) is 0 Å². The van der Waals surface area contributed by atoms with Crippen LogP contribution in [-0.2, 0) is 39.0 Å². The van der Waals surface area contributed by atoms with Crippen LogP contribution in [0.1, 0.15) is 63.7 Å². The van der Waals surface area contributed by atoms with E-state index in [0.717, 1.165) is 5.56 Å². The van der Waals surface area contributed by atoms with Crippen LogP contribution in [-0.4, -0.2) is 143 Å². The number of nitrogens with one attached hydrogen (secondary N) is 8. The zero-order valence-electron chi connectivity index (χ0n) is 43.5. The number of ether oxygens (including phenoxy) is 3. The SMILES string of the molecule is Cc1ccc(OCc2cc(OCc3cc(C(=O)NNC(=O)CN(CP)CP)cc(C(=O)NNC(=O)CN(CP)CP)c3)cc(OCc3cc(C(=O)NNC(=O)CN(CP)CP)cc(C(=O)NNC(=O)CN(CP)CP)c3)c2)cc1. The number of hydrogen-bond donors (Lipinski definition) is 8. The van der Waals surface area contributed by atoms with Gasteiger partial charge in [0.15, 0.2) is 0 Å². The van der Waals surface area contributed by atoms with Crippen LogP contribution >= 0.6 is 73.9 Å². The van der Waals surface area contributed by atoms with Crippen molar-refractivity contribution in [3.8, 4) is 17.2 Å². The molecule has 0 saturated carbocycles. The highest BCUT2D eigenvalue weighted by Crippen LogP contribution is 2.27. The Morgan fingerprint density at radius 1 is 0.342 bits per heavy atom. The van der Waals surface area contributed by atoms with Crippen molar-refractivity contribution in [2.45, 2.75) is 26.7 Å². The van der Waals surface area contributed by atoms with Crippen molar-refractivity contribution in [2.75, 3.05) is 76.5 Å². The van der Waals surface area contributed by atoms with E-state index in [-0.39, 0.29) is 79.8 Å². The van der Waals surface area contributed by atoms with Crippen molar-refractivity contribution in [1.82, 2.24) is 63.0 Å². The zero-order valence-corrected chi connectivity index (χ0v) is 52.7. The molecule has 8 amide bonds. The Bertz CT molecular complexity index is 2450. The van der Waals surface area contributed by atoms with Gasteiger partial charge in [0, 0.05) is 78.6 Å². The Kier molecular flexibility index (Phi) is 30.4. The topological polar surface area (TPSA) is 273 Å². The Morgan fingerprint density at radius 3 is 0.861 bits per heavy atom. The monoisotopic (exact) mass is 1240 g/mol. The number of hydrazine groups is 4. The zero-order chi connectivity index (χ0) is 57.9. The van der Waals surface area contributed by atoms with Gasteiger partial charge < -0.3 is 14.2 Å². The van der Waals surface area contributed by atoms with E-state index >= 15 is 0 Å². The van der Waals surface area contributed by atoms with E-state index in [2.05, 4.69) is 117 Å². The summed E-state index contributed by atoms with van der Waals surface area (Å²) in [6.45, 7) is 1.58. The van der Waals surface area contributed by atoms with Gasteiger partial charge in [-0.05, 0) is 84.3 Å². The molecule has 0 bridgehead atoms. The highest BCUT2D eigenvalue weighted by Gasteiger charge is 2.20. The maximum Gasteiger partial charge on any atom is 0.269 e. The lowest BCUT2D eigenvalue weighted by Gasteiger charge is -2.18. The van der Waals surface area contributed by atoms with Gasteiger partial charge in [-0.3, -0.25) is 101 Å². The second kappa shape index (κ2) is 35.9. The summed E-state index contributed by atoms with van der Waals surface area (Å²) in [5.41, 5.74) is 21.4. The maximum absolute atomic E-state index is 13.5. The number of hydrogen-bond acceptors (Lipinski definition) is 15. The average molecular weight is 1240 g/mol. The molecular formula is C48H70N12O11P8. The van der Waals surface area contributed by atoms with Crippen LogP contribution in [0.3, 0.4) is 0 Å². The van der Waals surface area contributed by atoms with Crippen LogP contribution < -0.4 is 57.6 Å². The maximum atomic E-state index is 13.5. The van der Waals surface area contributed by atoms with Crippen molar-refractivity contribution in [1.29, 1.82) is 0 Å². The number of nitrogens with zero attached hydrogens (tertiary/aromatic N) is 4. The number of benzene rings is 4. The fourth-order valence-electron chi connectivity index (χ4n) is 6.67. The molecule has 0 aliphatic carbocycles. The first-order valence-corrected chi connectivity index (χ1v) is 30.7. The minimum absolute atomic E-state index is 0.00299. The molecule has 0 heterocycles. The standard InChI is InChI=1S/C48H70N12O11P8/c1-30-2-4-38(5-3-30)69-21-33-10-39(70-19-31-6-34(45(65)53-49-41(61)15-57(22-72)23-73)12-35(7-31)46(66)54-50-42(62)16-58(24-74)25-75)14-40(11-33)71-20-32-8-36(47(67)55-51-43(63)17-59(26-76)27-77)13-37(9-32)48(68)56-52-44(64)18-60(28-78)29-79/h2-14H,15-29,72-79H2,1H3,(H,49,61)(H,50,62)(H,51,63)(H,52,64)(H,53,65)(H,54,66)(H,55,67)(H,56,68). The third-order valence-corrected chi connectivity index (χ3v) is 15.1. The minimum atomic E-state index is -0.738. The number of aryl methyl sites for hydroxylation is 1. The van der Waals surface area contributed by atoms with Gasteiger partial charge in [0.1, 0.15) is 37.1 Å². The summed E-state index contributed by atoms with van der Waals surface area (Å²) in [5.74, 6) is -3.74. The molecule has 0 aliphatic rings. The molecule has 4 rings (SSSR count). The van der Waals surface area contributed by atoms with Gasteiger partial charge >= 0.3 is 0 Å².